The molecule has 2 aromatic heterocycles. The highest BCUT2D eigenvalue weighted by molar-refractivity contribution is 7.99. The third kappa shape index (κ3) is 4.94. The second-order valence-electron chi connectivity index (χ2n) is 7.16. The topological polar surface area (TPSA) is 54.5 Å². The van der Waals surface area contributed by atoms with Crippen molar-refractivity contribution in [2.45, 2.75) is 30.7 Å². The van der Waals surface area contributed by atoms with Crippen LogP contribution in [0.25, 0.3) is 22.5 Å². The molecule has 0 aliphatic heterocycles. The average Bonchev–Trinajstić information content (AvgIpc) is 3.20. The molecule has 2 aromatic carbocycles. The van der Waals surface area contributed by atoms with E-state index in [9.17, 15) is 0 Å². The summed E-state index contributed by atoms with van der Waals surface area (Å²) in [6, 6.07) is 22.6. The molecule has 0 aliphatic carbocycles. The Labute approximate surface area is 187 Å². The van der Waals surface area contributed by atoms with Crippen LogP contribution < -0.4 is 0 Å². The van der Waals surface area contributed by atoms with E-state index in [4.69, 9.17) is 17.6 Å². The highest BCUT2D eigenvalue weighted by Crippen LogP contribution is 2.34. The van der Waals surface area contributed by atoms with Crippen LogP contribution in [0.3, 0.4) is 0 Å². The van der Waals surface area contributed by atoms with Crippen LogP contribution in [0.4, 0.5) is 0 Å². The number of hydrogen-bond donors (Lipinski definition) is 2. The highest BCUT2D eigenvalue weighted by atomic mass is 32.2. The largest absolute Gasteiger partial charge is 0.341 e. The van der Waals surface area contributed by atoms with Crippen molar-refractivity contribution in [1.29, 1.82) is 0 Å². The predicted molar refractivity (Wildman–Crippen MR) is 128 cm³/mol. The number of hydrogen-bond acceptors (Lipinski definition) is 5. The van der Waals surface area contributed by atoms with Gasteiger partial charge in [-0.05, 0) is 26.3 Å². The van der Waals surface area contributed by atoms with Crippen LogP contribution in [0.5, 0.6) is 0 Å². The van der Waals surface area contributed by atoms with E-state index in [-0.39, 0.29) is 5.25 Å². The molecule has 6 heteroatoms. The van der Waals surface area contributed by atoms with Crippen LogP contribution in [-0.4, -0.2) is 25.7 Å². The van der Waals surface area contributed by atoms with E-state index in [1.807, 2.05) is 56.3 Å². The summed E-state index contributed by atoms with van der Waals surface area (Å²) in [7, 11) is 0. The van der Waals surface area contributed by atoms with Gasteiger partial charge in [0, 0.05) is 28.3 Å². The maximum Gasteiger partial charge on any atom is 0.187 e. The van der Waals surface area contributed by atoms with E-state index in [0.717, 1.165) is 57.1 Å². The minimum atomic E-state index is 0.00308. The normalized spacial score (nSPS) is 12.1. The zero-order valence-corrected chi connectivity index (χ0v) is 18.8. The summed E-state index contributed by atoms with van der Waals surface area (Å²) in [4.78, 5) is 17.5. The van der Waals surface area contributed by atoms with Gasteiger partial charge >= 0.3 is 0 Å². The smallest absolute Gasteiger partial charge is 0.187 e. The van der Waals surface area contributed by atoms with Crippen LogP contribution in [0.2, 0.25) is 0 Å². The van der Waals surface area contributed by atoms with Crippen molar-refractivity contribution >= 4 is 24.4 Å². The first-order valence-corrected chi connectivity index (χ1v) is 11.4. The van der Waals surface area contributed by atoms with Crippen LogP contribution in [0, 0.1) is 13.8 Å². The van der Waals surface area contributed by atoms with Crippen LogP contribution in [0.15, 0.2) is 71.9 Å². The molecule has 0 radical (unpaired) electrons. The van der Waals surface area contributed by atoms with E-state index in [1.165, 1.54) is 0 Å². The van der Waals surface area contributed by atoms with Crippen molar-refractivity contribution in [3.05, 3.63) is 83.9 Å². The van der Waals surface area contributed by atoms with Crippen molar-refractivity contribution in [1.82, 2.24) is 19.9 Å². The first kappa shape index (κ1) is 20.7. The van der Waals surface area contributed by atoms with Gasteiger partial charge < -0.3 is 4.98 Å². The molecule has 1 atom stereocenters. The molecule has 4 rings (SSSR count). The van der Waals surface area contributed by atoms with Gasteiger partial charge in [-0.1, -0.05) is 72.4 Å². The van der Waals surface area contributed by atoms with Gasteiger partial charge in [0.2, 0.25) is 0 Å². The Bertz CT molecular complexity index is 1030. The van der Waals surface area contributed by atoms with E-state index in [1.54, 1.807) is 11.8 Å². The summed E-state index contributed by atoms with van der Waals surface area (Å²) in [5.74, 6) is 1.76. The molecule has 2 heterocycles. The van der Waals surface area contributed by atoms with Gasteiger partial charge in [0.25, 0.3) is 0 Å². The van der Waals surface area contributed by atoms with Crippen molar-refractivity contribution in [2.24, 2.45) is 0 Å². The SMILES string of the molecule is Cc1cc(C)nc(SCCC(S)c2nc(-c3ccccc3)c(-c3ccccc3)[nH]2)n1. The molecular formula is C24H24N4S2. The summed E-state index contributed by atoms with van der Waals surface area (Å²) >= 11 is 6.51. The molecule has 0 spiro atoms. The van der Waals surface area contributed by atoms with Gasteiger partial charge in [-0.3, -0.25) is 0 Å². The molecule has 30 heavy (non-hydrogen) atoms. The molecule has 4 nitrogen and oxygen atoms in total. The van der Waals surface area contributed by atoms with E-state index >= 15 is 0 Å². The number of H-pyrrole nitrogens is 1. The third-order valence-corrected chi connectivity index (χ3v) is 6.12. The quantitative estimate of drug-likeness (QED) is 0.204. The molecular weight excluding hydrogens is 408 g/mol. The third-order valence-electron chi connectivity index (χ3n) is 4.73. The number of imidazole rings is 1. The van der Waals surface area contributed by atoms with E-state index < -0.39 is 0 Å². The zero-order chi connectivity index (χ0) is 20.9. The number of thiol groups is 1. The lowest BCUT2D eigenvalue weighted by molar-refractivity contribution is 0.841. The average molecular weight is 433 g/mol. The maximum absolute atomic E-state index is 4.94. The Morgan fingerprint density at radius 2 is 1.47 bits per heavy atom. The maximum atomic E-state index is 4.94. The Kier molecular flexibility index (Phi) is 6.55. The molecule has 1 N–H and O–H groups in total. The van der Waals surface area contributed by atoms with Crippen molar-refractivity contribution in [2.75, 3.05) is 5.75 Å². The summed E-state index contributed by atoms with van der Waals surface area (Å²) in [5, 5.41) is 0.825. The molecule has 0 aliphatic rings. The molecule has 0 amide bonds. The Balaban J connectivity index is 1.54. The second kappa shape index (κ2) is 9.49. The molecule has 0 bridgehead atoms. The summed E-state index contributed by atoms with van der Waals surface area (Å²) in [5.41, 5.74) is 6.20. The number of aromatic amines is 1. The zero-order valence-electron chi connectivity index (χ0n) is 17.0. The van der Waals surface area contributed by atoms with Gasteiger partial charge in [0.15, 0.2) is 5.16 Å². The van der Waals surface area contributed by atoms with Crippen molar-refractivity contribution in [3.63, 3.8) is 0 Å². The molecule has 0 fully saturated rings. The van der Waals surface area contributed by atoms with E-state index in [2.05, 4.69) is 39.2 Å². The van der Waals surface area contributed by atoms with Crippen LogP contribution in [0.1, 0.15) is 28.9 Å². The van der Waals surface area contributed by atoms with Gasteiger partial charge in [0.05, 0.1) is 16.6 Å². The Morgan fingerprint density at radius 1 is 0.867 bits per heavy atom. The van der Waals surface area contributed by atoms with Gasteiger partial charge in [-0.25, -0.2) is 15.0 Å². The molecule has 0 saturated heterocycles. The van der Waals surface area contributed by atoms with Gasteiger partial charge in [0.1, 0.15) is 5.82 Å². The lowest BCUT2D eigenvalue weighted by atomic mass is 10.1. The minimum absolute atomic E-state index is 0.00308. The standard InChI is InChI=1S/C24H24N4S2/c1-16-15-17(2)26-24(25-16)30-14-13-20(29)23-27-21(18-9-5-3-6-10-18)22(28-23)19-11-7-4-8-12-19/h3-12,15,20,29H,13-14H2,1-2H3,(H,27,28). The van der Waals surface area contributed by atoms with E-state index in [0.29, 0.717) is 0 Å². The molecule has 4 aromatic rings. The summed E-state index contributed by atoms with van der Waals surface area (Å²) in [6.45, 7) is 4.00. The fourth-order valence-electron chi connectivity index (χ4n) is 3.32. The van der Waals surface area contributed by atoms with Crippen molar-refractivity contribution in [3.8, 4) is 22.5 Å². The number of nitrogens with zero attached hydrogens (tertiary/aromatic N) is 3. The fourth-order valence-corrected chi connectivity index (χ4v) is 4.70. The number of aryl methyl sites for hydroxylation is 2. The first-order chi connectivity index (χ1) is 14.6. The highest BCUT2D eigenvalue weighted by Gasteiger charge is 2.18. The number of benzene rings is 2. The first-order valence-electron chi connectivity index (χ1n) is 9.94. The summed E-state index contributed by atoms with van der Waals surface area (Å²) < 4.78 is 0. The number of nitrogens with one attached hydrogen (secondary N) is 1. The number of rotatable bonds is 7. The van der Waals surface area contributed by atoms with Gasteiger partial charge in [-0.15, -0.1) is 0 Å². The lowest BCUT2D eigenvalue weighted by Gasteiger charge is -2.07. The fraction of sp³-hybridized carbons (Fsp3) is 0.208. The number of aromatic nitrogens is 4. The van der Waals surface area contributed by atoms with Crippen molar-refractivity contribution < 1.29 is 0 Å². The molecule has 0 saturated carbocycles. The molecule has 152 valence electrons. The lowest BCUT2D eigenvalue weighted by Crippen LogP contribution is -1.98. The van der Waals surface area contributed by atoms with Gasteiger partial charge in [-0.2, -0.15) is 12.6 Å². The van der Waals surface area contributed by atoms with Crippen LogP contribution in [-0.2, 0) is 0 Å². The minimum Gasteiger partial charge on any atom is -0.341 e. The summed E-state index contributed by atoms with van der Waals surface area (Å²) in [6.07, 6.45) is 0.861. The molecule has 1 unspecified atom stereocenters. The second-order valence-corrected chi connectivity index (χ2v) is 8.85. The Morgan fingerprint density at radius 3 is 2.10 bits per heavy atom. The monoisotopic (exact) mass is 432 g/mol. The van der Waals surface area contributed by atoms with Crippen LogP contribution >= 0.6 is 24.4 Å². The number of thioether (sulfide) groups is 1. The predicted octanol–water partition coefficient (Wildman–Crippen LogP) is 6.30. The Hall–Kier alpha value is -2.57.